The van der Waals surface area contributed by atoms with Crippen LogP contribution in [0.25, 0.3) is 5.76 Å². The molecular weight excluding hydrogens is 435 g/mol. The number of likely N-dealkylation sites (tertiary alicyclic amines) is 1. The number of hydrogen-bond acceptors (Lipinski definition) is 4. The van der Waals surface area contributed by atoms with Crippen molar-refractivity contribution < 1.29 is 14.7 Å². The van der Waals surface area contributed by atoms with E-state index in [1.165, 1.54) is 4.90 Å². The Balaban J connectivity index is 1.89. The molecule has 1 amide bonds. The molecule has 3 aromatic rings. The van der Waals surface area contributed by atoms with Crippen LogP contribution in [0.4, 0.5) is 0 Å². The van der Waals surface area contributed by atoms with Crippen LogP contribution in [0.5, 0.6) is 0 Å². The normalized spacial score (nSPS) is 17.9. The summed E-state index contributed by atoms with van der Waals surface area (Å²) < 4.78 is 0. The minimum Gasteiger partial charge on any atom is -0.507 e. The Morgan fingerprint density at radius 1 is 1.10 bits per heavy atom. The number of aryl methyl sites for hydroxylation is 1. The molecule has 5 nitrogen and oxygen atoms in total. The fourth-order valence-electron chi connectivity index (χ4n) is 3.64. The molecule has 0 spiro atoms. The lowest BCUT2D eigenvalue weighted by molar-refractivity contribution is -0.140. The molecule has 2 aromatic carbocycles. The predicted octanol–water partition coefficient (Wildman–Crippen LogP) is 5.32. The summed E-state index contributed by atoms with van der Waals surface area (Å²) in [5.41, 5.74) is 2.69. The molecule has 7 heteroatoms. The zero-order valence-electron chi connectivity index (χ0n) is 16.5. The maximum Gasteiger partial charge on any atom is 0.295 e. The summed E-state index contributed by atoms with van der Waals surface area (Å²) in [7, 11) is 0. The van der Waals surface area contributed by atoms with E-state index < -0.39 is 17.7 Å². The molecule has 0 saturated carbocycles. The number of aliphatic hydroxyl groups is 1. The van der Waals surface area contributed by atoms with Gasteiger partial charge in [-0.05, 0) is 36.2 Å². The number of pyridine rings is 1. The molecular formula is C24H18Cl2N2O3. The fraction of sp³-hybridized carbons (Fsp3) is 0.125. The molecule has 1 N–H and O–H groups in total. The number of benzene rings is 2. The second-order valence-corrected chi connectivity index (χ2v) is 8.16. The van der Waals surface area contributed by atoms with E-state index in [1.54, 1.807) is 48.8 Å². The summed E-state index contributed by atoms with van der Waals surface area (Å²) >= 11 is 12.5. The van der Waals surface area contributed by atoms with Gasteiger partial charge < -0.3 is 10.0 Å². The van der Waals surface area contributed by atoms with Gasteiger partial charge in [0.25, 0.3) is 11.7 Å². The monoisotopic (exact) mass is 452 g/mol. The van der Waals surface area contributed by atoms with E-state index in [0.717, 1.165) is 11.1 Å². The predicted molar refractivity (Wildman–Crippen MR) is 120 cm³/mol. The van der Waals surface area contributed by atoms with E-state index >= 15 is 0 Å². The first kappa shape index (κ1) is 21.1. The number of halogens is 2. The number of rotatable bonds is 4. The lowest BCUT2D eigenvalue weighted by atomic mass is 9.95. The largest absolute Gasteiger partial charge is 0.507 e. The van der Waals surface area contributed by atoms with E-state index in [4.69, 9.17) is 23.2 Å². The minimum absolute atomic E-state index is 0.0121. The van der Waals surface area contributed by atoms with Gasteiger partial charge in [0.05, 0.1) is 11.6 Å². The third-order valence-electron chi connectivity index (χ3n) is 5.20. The second kappa shape index (κ2) is 8.53. The summed E-state index contributed by atoms with van der Waals surface area (Å²) in [6.45, 7) is 2.05. The molecule has 1 aromatic heterocycles. The smallest absolute Gasteiger partial charge is 0.295 e. The van der Waals surface area contributed by atoms with Crippen molar-refractivity contribution in [2.24, 2.45) is 0 Å². The van der Waals surface area contributed by atoms with Crippen molar-refractivity contribution in [1.82, 2.24) is 9.88 Å². The third kappa shape index (κ3) is 4.07. The van der Waals surface area contributed by atoms with Gasteiger partial charge in [0.2, 0.25) is 0 Å². The van der Waals surface area contributed by atoms with Crippen molar-refractivity contribution in [3.05, 3.63) is 105 Å². The lowest BCUT2D eigenvalue weighted by Gasteiger charge is -2.26. The van der Waals surface area contributed by atoms with Crippen LogP contribution in [0, 0.1) is 6.92 Å². The van der Waals surface area contributed by atoms with Gasteiger partial charge in [-0.1, -0.05) is 65.2 Å². The average molecular weight is 453 g/mol. The number of amides is 1. The minimum atomic E-state index is -0.869. The average Bonchev–Trinajstić information content (AvgIpc) is 2.99. The van der Waals surface area contributed by atoms with Gasteiger partial charge in [0.15, 0.2) is 0 Å². The molecule has 1 atom stereocenters. The third-order valence-corrected chi connectivity index (χ3v) is 5.76. The Labute approximate surface area is 189 Å². The van der Waals surface area contributed by atoms with Crippen molar-refractivity contribution in [1.29, 1.82) is 0 Å². The Morgan fingerprint density at radius 3 is 2.48 bits per heavy atom. The summed E-state index contributed by atoms with van der Waals surface area (Å²) in [4.78, 5) is 31.5. The molecule has 0 unspecified atom stereocenters. The molecule has 0 radical (unpaired) electrons. The first-order valence-electron chi connectivity index (χ1n) is 9.56. The van der Waals surface area contributed by atoms with Crippen LogP contribution in [0.2, 0.25) is 10.0 Å². The number of hydrogen-bond donors (Lipinski definition) is 1. The molecule has 2 heterocycles. The number of nitrogens with zero attached hydrogens (tertiary/aromatic N) is 2. The van der Waals surface area contributed by atoms with Gasteiger partial charge in [-0.25, -0.2) is 0 Å². The van der Waals surface area contributed by atoms with E-state index in [0.29, 0.717) is 21.2 Å². The van der Waals surface area contributed by atoms with Crippen molar-refractivity contribution in [3.63, 3.8) is 0 Å². The Morgan fingerprint density at radius 2 is 1.84 bits per heavy atom. The molecule has 4 rings (SSSR count). The second-order valence-electron chi connectivity index (χ2n) is 7.32. The van der Waals surface area contributed by atoms with Crippen molar-refractivity contribution >= 4 is 40.7 Å². The number of Topliss-reactive ketones (excluding diaryl/α,β-unsaturated/α-hetero) is 1. The van der Waals surface area contributed by atoms with Gasteiger partial charge in [-0.3, -0.25) is 14.6 Å². The lowest BCUT2D eigenvalue weighted by Crippen LogP contribution is -2.29. The molecule has 1 fully saturated rings. The first-order chi connectivity index (χ1) is 14.9. The highest BCUT2D eigenvalue weighted by Crippen LogP contribution is 2.43. The van der Waals surface area contributed by atoms with Crippen molar-refractivity contribution in [2.75, 3.05) is 0 Å². The first-order valence-corrected chi connectivity index (χ1v) is 10.3. The maximum atomic E-state index is 13.1. The molecule has 0 aliphatic carbocycles. The van der Waals surface area contributed by atoms with Crippen LogP contribution in [0.3, 0.4) is 0 Å². The van der Waals surface area contributed by atoms with E-state index in [9.17, 15) is 14.7 Å². The topological polar surface area (TPSA) is 70.5 Å². The van der Waals surface area contributed by atoms with Gasteiger partial charge in [-0.2, -0.15) is 0 Å². The molecule has 1 aliphatic heterocycles. The molecule has 1 saturated heterocycles. The zero-order valence-corrected chi connectivity index (χ0v) is 18.1. The van der Waals surface area contributed by atoms with E-state index in [-0.39, 0.29) is 17.9 Å². The van der Waals surface area contributed by atoms with Crippen LogP contribution in [-0.2, 0) is 16.1 Å². The highest BCUT2D eigenvalue weighted by atomic mass is 35.5. The van der Waals surface area contributed by atoms with Crippen LogP contribution < -0.4 is 0 Å². The standard InChI is InChI=1S/C24H18Cl2N2O3/c1-14-4-6-16(7-5-14)22(29)20-21(18-9-8-17(25)11-19(18)26)28(24(31)23(20)30)13-15-3-2-10-27-12-15/h2-12,21,29H,13H2,1H3/t21-/m0/s1. The van der Waals surface area contributed by atoms with Crippen LogP contribution in [0.15, 0.2) is 72.6 Å². The zero-order chi connectivity index (χ0) is 22.1. The molecule has 31 heavy (non-hydrogen) atoms. The van der Waals surface area contributed by atoms with Gasteiger partial charge in [0, 0.05) is 34.5 Å². The fourth-order valence-corrected chi connectivity index (χ4v) is 4.16. The maximum absolute atomic E-state index is 13.1. The molecule has 0 bridgehead atoms. The van der Waals surface area contributed by atoms with E-state index in [1.807, 2.05) is 25.1 Å². The highest BCUT2D eigenvalue weighted by Gasteiger charge is 2.46. The Bertz CT molecular complexity index is 1190. The highest BCUT2D eigenvalue weighted by molar-refractivity contribution is 6.47. The summed E-state index contributed by atoms with van der Waals surface area (Å²) in [6.07, 6.45) is 3.25. The van der Waals surface area contributed by atoms with E-state index in [2.05, 4.69) is 4.98 Å². The molecule has 156 valence electrons. The summed E-state index contributed by atoms with van der Waals surface area (Å²) in [6, 6.07) is 14.6. The Hall–Kier alpha value is -3.15. The number of ketones is 1. The Kier molecular flexibility index (Phi) is 5.81. The summed E-state index contributed by atoms with van der Waals surface area (Å²) in [5, 5.41) is 11.8. The number of carbonyl (C=O) groups is 2. The number of carbonyl (C=O) groups excluding carboxylic acids is 2. The van der Waals surface area contributed by atoms with Crippen molar-refractivity contribution in [2.45, 2.75) is 19.5 Å². The van der Waals surface area contributed by atoms with Crippen molar-refractivity contribution in [3.8, 4) is 0 Å². The summed E-state index contributed by atoms with van der Waals surface area (Å²) in [5.74, 6) is -1.73. The van der Waals surface area contributed by atoms with Crippen LogP contribution in [0.1, 0.15) is 28.3 Å². The van der Waals surface area contributed by atoms with Crippen LogP contribution in [-0.4, -0.2) is 26.7 Å². The van der Waals surface area contributed by atoms with Gasteiger partial charge in [-0.15, -0.1) is 0 Å². The quantitative estimate of drug-likeness (QED) is 0.330. The number of aromatic nitrogens is 1. The van der Waals surface area contributed by atoms with Crippen LogP contribution >= 0.6 is 23.2 Å². The SMILES string of the molecule is Cc1ccc(C(O)=C2C(=O)C(=O)N(Cc3cccnc3)[C@H]2c2ccc(Cl)cc2Cl)cc1. The number of aliphatic hydroxyl groups excluding tert-OH is 1. The molecule has 1 aliphatic rings. The van der Waals surface area contributed by atoms with Gasteiger partial charge >= 0.3 is 0 Å². The van der Waals surface area contributed by atoms with Gasteiger partial charge in [0.1, 0.15) is 5.76 Å².